The molecule has 1 aliphatic carbocycles. The zero-order valence-electron chi connectivity index (χ0n) is 17.5. The molecule has 2 fully saturated rings. The van der Waals surface area contributed by atoms with Gasteiger partial charge in [-0.3, -0.25) is 9.69 Å². The fraction of sp³-hybridized carbons (Fsp3) is 0.375. The van der Waals surface area contributed by atoms with Crippen molar-refractivity contribution < 1.29 is 4.79 Å². The molecule has 2 heterocycles. The molecule has 0 bridgehead atoms. The van der Waals surface area contributed by atoms with E-state index in [0.29, 0.717) is 11.6 Å². The van der Waals surface area contributed by atoms with Crippen LogP contribution in [0, 0.1) is 6.92 Å². The molecule has 2 aliphatic rings. The first kappa shape index (κ1) is 19.0. The Morgan fingerprint density at radius 3 is 2.57 bits per heavy atom. The van der Waals surface area contributed by atoms with Crippen molar-refractivity contribution in [1.82, 2.24) is 15.1 Å². The SMILES string of the molecule is Cc1nnc(N2CCN(C3CC3)C[C@@H]2C)c2ccc(-c3cccc(C(N)=O)c3)cc12. The summed E-state index contributed by atoms with van der Waals surface area (Å²) >= 11 is 0. The Labute approximate surface area is 176 Å². The van der Waals surface area contributed by atoms with E-state index in [1.54, 1.807) is 6.07 Å². The summed E-state index contributed by atoms with van der Waals surface area (Å²) in [5.74, 6) is 0.553. The minimum Gasteiger partial charge on any atom is -0.366 e. The van der Waals surface area contributed by atoms with Gasteiger partial charge >= 0.3 is 0 Å². The molecule has 1 atom stereocenters. The summed E-state index contributed by atoms with van der Waals surface area (Å²) in [6.45, 7) is 7.43. The molecule has 2 N–H and O–H groups in total. The fourth-order valence-corrected chi connectivity index (χ4v) is 4.58. The van der Waals surface area contributed by atoms with Crippen molar-refractivity contribution in [1.29, 1.82) is 0 Å². The molecule has 3 aromatic rings. The molecule has 2 aromatic carbocycles. The number of fused-ring (bicyclic) bond motifs is 1. The number of anilines is 1. The molecule has 0 spiro atoms. The van der Waals surface area contributed by atoms with E-state index < -0.39 is 5.91 Å². The Bertz CT molecular complexity index is 1120. The van der Waals surface area contributed by atoms with Crippen LogP contribution in [0.3, 0.4) is 0 Å². The quantitative estimate of drug-likeness (QED) is 0.725. The molecule has 1 amide bonds. The summed E-state index contributed by atoms with van der Waals surface area (Å²) in [7, 11) is 0. The highest BCUT2D eigenvalue weighted by Gasteiger charge is 2.34. The van der Waals surface area contributed by atoms with E-state index in [1.807, 2.05) is 25.1 Å². The van der Waals surface area contributed by atoms with Crippen molar-refractivity contribution in [3.63, 3.8) is 0 Å². The van der Waals surface area contributed by atoms with E-state index in [1.165, 1.54) is 12.8 Å². The van der Waals surface area contributed by atoms with Gasteiger partial charge in [0.2, 0.25) is 5.91 Å². The largest absolute Gasteiger partial charge is 0.366 e. The molecule has 30 heavy (non-hydrogen) atoms. The minimum absolute atomic E-state index is 0.409. The second-order valence-corrected chi connectivity index (χ2v) is 8.58. The number of piperazine rings is 1. The number of carbonyl (C=O) groups is 1. The lowest BCUT2D eigenvalue weighted by atomic mass is 9.99. The van der Waals surface area contributed by atoms with Crippen LogP contribution >= 0.6 is 0 Å². The Morgan fingerprint density at radius 2 is 1.83 bits per heavy atom. The number of aromatic nitrogens is 2. The van der Waals surface area contributed by atoms with E-state index in [2.05, 4.69) is 45.1 Å². The topological polar surface area (TPSA) is 75.3 Å². The normalized spacial score (nSPS) is 19.9. The molecule has 0 radical (unpaired) electrons. The van der Waals surface area contributed by atoms with Crippen molar-refractivity contribution in [2.75, 3.05) is 24.5 Å². The van der Waals surface area contributed by atoms with Crippen LogP contribution in [0.4, 0.5) is 5.82 Å². The summed E-state index contributed by atoms with van der Waals surface area (Å²) in [5, 5.41) is 11.3. The van der Waals surface area contributed by atoms with Crippen LogP contribution in [0.15, 0.2) is 42.5 Å². The minimum atomic E-state index is -0.415. The number of primary amides is 1. The molecule has 6 nitrogen and oxygen atoms in total. The first-order valence-electron chi connectivity index (χ1n) is 10.7. The summed E-state index contributed by atoms with van der Waals surface area (Å²) < 4.78 is 0. The monoisotopic (exact) mass is 401 g/mol. The predicted molar refractivity (Wildman–Crippen MR) is 120 cm³/mol. The third-order valence-corrected chi connectivity index (χ3v) is 6.42. The van der Waals surface area contributed by atoms with Crippen molar-refractivity contribution in [3.05, 3.63) is 53.7 Å². The Balaban J connectivity index is 1.52. The van der Waals surface area contributed by atoms with Gasteiger partial charge < -0.3 is 10.6 Å². The first-order valence-corrected chi connectivity index (χ1v) is 10.7. The van der Waals surface area contributed by atoms with Crippen LogP contribution in [-0.4, -0.2) is 52.7 Å². The van der Waals surface area contributed by atoms with Gasteiger partial charge in [-0.2, -0.15) is 5.10 Å². The van der Waals surface area contributed by atoms with E-state index in [0.717, 1.165) is 59.1 Å². The van der Waals surface area contributed by atoms with Gasteiger partial charge in [-0.05, 0) is 62.1 Å². The Kier molecular flexibility index (Phi) is 4.66. The number of hydrogen-bond donors (Lipinski definition) is 1. The molecule has 1 saturated carbocycles. The average molecular weight is 402 g/mol. The van der Waals surface area contributed by atoms with Gasteiger partial charge in [0.05, 0.1) is 5.69 Å². The molecule has 154 valence electrons. The van der Waals surface area contributed by atoms with Crippen LogP contribution in [0.25, 0.3) is 21.9 Å². The third-order valence-electron chi connectivity index (χ3n) is 6.42. The molecule has 1 aliphatic heterocycles. The zero-order valence-corrected chi connectivity index (χ0v) is 17.5. The number of nitrogens with two attached hydrogens (primary N) is 1. The maximum atomic E-state index is 11.6. The molecule has 1 saturated heterocycles. The maximum Gasteiger partial charge on any atom is 0.248 e. The van der Waals surface area contributed by atoms with E-state index >= 15 is 0 Å². The number of rotatable bonds is 4. The number of benzene rings is 2. The van der Waals surface area contributed by atoms with Crippen LogP contribution < -0.4 is 10.6 Å². The van der Waals surface area contributed by atoms with Gasteiger partial charge in [-0.1, -0.05) is 18.2 Å². The molecular weight excluding hydrogens is 374 g/mol. The fourth-order valence-electron chi connectivity index (χ4n) is 4.58. The highest BCUT2D eigenvalue weighted by atomic mass is 16.1. The second kappa shape index (κ2) is 7.36. The number of aryl methyl sites for hydroxylation is 1. The van der Waals surface area contributed by atoms with Gasteiger partial charge in [0.1, 0.15) is 0 Å². The standard InChI is InChI=1S/C24H27N5O/c1-15-14-28(20-7-8-20)10-11-29(15)24-21-9-6-18(13-22(21)16(2)26-27-24)17-4-3-5-19(12-17)23(25)30/h3-6,9,12-13,15,20H,7-8,10-11,14H2,1-2H3,(H2,25,30)/t15-/m0/s1. The summed E-state index contributed by atoms with van der Waals surface area (Å²) in [5.41, 5.74) is 8.89. The average Bonchev–Trinajstić information content (AvgIpc) is 3.60. The highest BCUT2D eigenvalue weighted by molar-refractivity contribution is 5.97. The third kappa shape index (κ3) is 3.41. The van der Waals surface area contributed by atoms with Crippen molar-refractivity contribution in [2.24, 2.45) is 5.73 Å². The molecule has 6 heteroatoms. The summed E-state index contributed by atoms with van der Waals surface area (Å²) in [4.78, 5) is 16.6. The summed E-state index contributed by atoms with van der Waals surface area (Å²) in [6.07, 6.45) is 2.69. The van der Waals surface area contributed by atoms with Crippen LogP contribution in [0.1, 0.15) is 35.8 Å². The summed E-state index contributed by atoms with van der Waals surface area (Å²) in [6, 6.07) is 15.0. The first-order chi connectivity index (χ1) is 14.5. The lowest BCUT2D eigenvalue weighted by Crippen LogP contribution is -2.53. The molecule has 1 aromatic heterocycles. The van der Waals surface area contributed by atoms with Crippen LogP contribution in [0.5, 0.6) is 0 Å². The number of hydrogen-bond acceptors (Lipinski definition) is 5. The van der Waals surface area contributed by atoms with Gasteiger partial charge in [-0.15, -0.1) is 5.10 Å². The zero-order chi connectivity index (χ0) is 20.8. The van der Waals surface area contributed by atoms with Gasteiger partial charge in [0.15, 0.2) is 5.82 Å². The Morgan fingerprint density at radius 1 is 1.03 bits per heavy atom. The predicted octanol–water partition coefficient (Wildman–Crippen LogP) is 3.38. The number of carbonyl (C=O) groups excluding carboxylic acids is 1. The smallest absolute Gasteiger partial charge is 0.248 e. The van der Waals surface area contributed by atoms with Crippen molar-refractivity contribution in [2.45, 2.75) is 38.8 Å². The molecular formula is C24H27N5O. The lowest BCUT2D eigenvalue weighted by molar-refractivity contribution is 0.100. The van der Waals surface area contributed by atoms with Gasteiger partial charge in [-0.25, -0.2) is 0 Å². The second-order valence-electron chi connectivity index (χ2n) is 8.58. The van der Waals surface area contributed by atoms with Gasteiger partial charge in [0.25, 0.3) is 0 Å². The molecule has 5 rings (SSSR count). The number of nitrogens with zero attached hydrogens (tertiary/aromatic N) is 4. The highest BCUT2D eigenvalue weighted by Crippen LogP contribution is 2.34. The van der Waals surface area contributed by atoms with Crippen molar-refractivity contribution >= 4 is 22.5 Å². The van der Waals surface area contributed by atoms with Crippen LogP contribution in [0.2, 0.25) is 0 Å². The van der Waals surface area contributed by atoms with Crippen molar-refractivity contribution in [3.8, 4) is 11.1 Å². The van der Waals surface area contributed by atoms with Gasteiger partial charge in [0, 0.05) is 48.1 Å². The Hall–Kier alpha value is -2.99. The lowest BCUT2D eigenvalue weighted by Gasteiger charge is -2.41. The van der Waals surface area contributed by atoms with E-state index in [4.69, 9.17) is 5.73 Å². The van der Waals surface area contributed by atoms with E-state index in [-0.39, 0.29) is 0 Å². The van der Waals surface area contributed by atoms with Crippen LogP contribution in [-0.2, 0) is 0 Å². The number of amides is 1. The van der Waals surface area contributed by atoms with E-state index in [9.17, 15) is 4.79 Å². The molecule has 0 unspecified atom stereocenters. The maximum absolute atomic E-state index is 11.6.